The van der Waals surface area contributed by atoms with Gasteiger partial charge in [0.1, 0.15) is 0 Å². The molecule has 0 radical (unpaired) electrons. The Morgan fingerprint density at radius 3 is 2.33 bits per heavy atom. The van der Waals surface area contributed by atoms with Crippen molar-refractivity contribution in [3.63, 3.8) is 0 Å². The smallest absolute Gasteiger partial charge is 0.274 e. The molecule has 0 saturated carbocycles. The first-order valence-electron chi connectivity index (χ1n) is 2.44. The third-order valence-electron chi connectivity index (χ3n) is 1.02. The molecule has 2 nitrogen and oxygen atoms in total. The number of alkyl halides is 3. The fourth-order valence-corrected chi connectivity index (χ4v) is 0.572. The van der Waals surface area contributed by atoms with Crippen molar-refractivity contribution in [2.45, 2.75) is 6.30 Å². The molecule has 1 aliphatic rings. The third-order valence-corrected chi connectivity index (χ3v) is 1.02. The Kier molecular flexibility index (Phi) is 1.34. The van der Waals surface area contributed by atoms with E-state index in [1.807, 2.05) is 0 Å². The van der Waals surface area contributed by atoms with Gasteiger partial charge in [-0.05, 0) is 0 Å². The van der Waals surface area contributed by atoms with Crippen molar-refractivity contribution in [1.82, 2.24) is 4.90 Å². The highest BCUT2D eigenvalue weighted by molar-refractivity contribution is 5.57. The van der Waals surface area contributed by atoms with Crippen LogP contribution in [0.2, 0.25) is 0 Å². The zero-order valence-electron chi connectivity index (χ0n) is 4.52. The molecule has 0 amide bonds. The topological polar surface area (TPSA) is 15.6 Å². The van der Waals surface area contributed by atoms with E-state index in [0.717, 1.165) is 6.34 Å². The van der Waals surface area contributed by atoms with Gasteiger partial charge in [0.15, 0.2) is 0 Å². The quantitative estimate of drug-likeness (QED) is 0.453. The van der Waals surface area contributed by atoms with Crippen LogP contribution in [0.4, 0.5) is 13.2 Å². The zero-order chi connectivity index (χ0) is 6.91. The van der Waals surface area contributed by atoms with Crippen LogP contribution in [0.5, 0.6) is 0 Å². The molecule has 1 rings (SSSR count). The van der Waals surface area contributed by atoms with Crippen LogP contribution in [0.3, 0.4) is 0 Å². The maximum atomic E-state index is 11.6. The van der Waals surface area contributed by atoms with Crippen LogP contribution < -0.4 is 0 Å². The average molecular weight is 138 g/mol. The van der Waals surface area contributed by atoms with Crippen molar-refractivity contribution in [3.05, 3.63) is 0 Å². The van der Waals surface area contributed by atoms with Crippen LogP contribution in [0.15, 0.2) is 4.99 Å². The van der Waals surface area contributed by atoms with Crippen molar-refractivity contribution >= 4 is 6.34 Å². The summed E-state index contributed by atoms with van der Waals surface area (Å²) in [6, 6.07) is 0. The molecule has 5 heteroatoms. The Morgan fingerprint density at radius 2 is 2.11 bits per heavy atom. The van der Waals surface area contributed by atoms with Crippen LogP contribution in [-0.4, -0.2) is 30.6 Å². The van der Waals surface area contributed by atoms with Gasteiger partial charge >= 0.3 is 6.30 Å². The highest BCUT2D eigenvalue weighted by Gasteiger charge is 2.36. The van der Waals surface area contributed by atoms with Crippen molar-refractivity contribution in [2.75, 3.05) is 13.1 Å². The molecule has 0 unspecified atom stereocenters. The Morgan fingerprint density at radius 1 is 1.44 bits per heavy atom. The molecular weight excluding hydrogens is 133 g/mol. The molecule has 0 aliphatic carbocycles. The lowest BCUT2D eigenvalue weighted by Crippen LogP contribution is -2.35. The number of aliphatic imine (C=N–C) groups is 1. The van der Waals surface area contributed by atoms with Crippen molar-refractivity contribution < 1.29 is 13.2 Å². The molecular formula is C4H5F3N2. The summed E-state index contributed by atoms with van der Waals surface area (Å²) in [7, 11) is 0. The number of rotatable bonds is 0. The molecule has 0 aromatic rings. The standard InChI is InChI=1S/C4H5F3N2/c5-4(6,7)9-2-1-8-3-9/h3H,1-2H2. The lowest BCUT2D eigenvalue weighted by atomic mass is 10.6. The van der Waals surface area contributed by atoms with E-state index in [4.69, 9.17) is 0 Å². The van der Waals surface area contributed by atoms with Gasteiger partial charge in [0.05, 0.1) is 12.9 Å². The van der Waals surface area contributed by atoms with Gasteiger partial charge in [0.2, 0.25) is 0 Å². The van der Waals surface area contributed by atoms with Crippen molar-refractivity contribution in [3.8, 4) is 0 Å². The molecule has 0 spiro atoms. The highest BCUT2D eigenvalue weighted by Crippen LogP contribution is 2.20. The van der Waals surface area contributed by atoms with Crippen molar-refractivity contribution in [1.29, 1.82) is 0 Å². The predicted octanol–water partition coefficient (Wildman–Crippen LogP) is 0.850. The van der Waals surface area contributed by atoms with E-state index >= 15 is 0 Å². The van der Waals surface area contributed by atoms with Gasteiger partial charge in [-0.3, -0.25) is 9.89 Å². The summed E-state index contributed by atoms with van der Waals surface area (Å²) < 4.78 is 34.8. The van der Waals surface area contributed by atoms with E-state index in [1.54, 1.807) is 0 Å². The Labute approximate surface area is 50.0 Å². The van der Waals surface area contributed by atoms with E-state index in [-0.39, 0.29) is 18.0 Å². The molecule has 0 aromatic carbocycles. The van der Waals surface area contributed by atoms with Crippen LogP contribution in [-0.2, 0) is 0 Å². The maximum Gasteiger partial charge on any atom is 0.485 e. The Bertz CT molecular complexity index is 128. The van der Waals surface area contributed by atoms with E-state index < -0.39 is 6.30 Å². The summed E-state index contributed by atoms with van der Waals surface area (Å²) in [6.45, 7) is 0.211. The molecule has 0 fully saturated rings. The first-order valence-corrected chi connectivity index (χ1v) is 2.44. The van der Waals surface area contributed by atoms with Gasteiger partial charge < -0.3 is 0 Å². The second-order valence-electron chi connectivity index (χ2n) is 1.68. The number of nitrogens with zero attached hydrogens (tertiary/aromatic N) is 2. The molecule has 1 heterocycles. The third kappa shape index (κ3) is 1.34. The number of halogens is 3. The second kappa shape index (κ2) is 1.89. The Balaban J connectivity index is 2.53. The summed E-state index contributed by atoms with van der Waals surface area (Å²) in [5.41, 5.74) is 0. The largest absolute Gasteiger partial charge is 0.485 e. The summed E-state index contributed by atoms with van der Waals surface area (Å²) in [5.74, 6) is 0. The van der Waals surface area contributed by atoms with E-state index in [2.05, 4.69) is 4.99 Å². The van der Waals surface area contributed by atoms with E-state index in [1.165, 1.54) is 0 Å². The van der Waals surface area contributed by atoms with Gasteiger partial charge in [0.25, 0.3) is 0 Å². The number of hydrogen-bond acceptors (Lipinski definition) is 2. The molecule has 0 bridgehead atoms. The first kappa shape index (κ1) is 6.38. The minimum atomic E-state index is -4.24. The molecule has 0 N–H and O–H groups in total. The maximum absolute atomic E-state index is 11.6. The van der Waals surface area contributed by atoms with Gasteiger partial charge in [-0.2, -0.15) is 13.2 Å². The highest BCUT2D eigenvalue weighted by atomic mass is 19.4. The van der Waals surface area contributed by atoms with Crippen LogP contribution in [0, 0.1) is 0 Å². The van der Waals surface area contributed by atoms with Gasteiger partial charge in [-0.25, -0.2) is 0 Å². The normalized spacial score (nSPS) is 19.2. The van der Waals surface area contributed by atoms with Gasteiger partial charge in [-0.1, -0.05) is 0 Å². The predicted molar refractivity (Wildman–Crippen MR) is 26.1 cm³/mol. The summed E-state index contributed by atoms with van der Waals surface area (Å²) in [5, 5.41) is 0. The molecule has 52 valence electrons. The van der Waals surface area contributed by atoms with Gasteiger partial charge in [-0.15, -0.1) is 0 Å². The zero-order valence-corrected chi connectivity index (χ0v) is 4.52. The van der Waals surface area contributed by atoms with Crippen molar-refractivity contribution in [2.24, 2.45) is 4.99 Å². The summed E-state index contributed by atoms with van der Waals surface area (Å²) in [6.07, 6.45) is -3.42. The molecule has 0 saturated heterocycles. The van der Waals surface area contributed by atoms with E-state index in [9.17, 15) is 13.2 Å². The molecule has 1 aliphatic heterocycles. The molecule has 0 atom stereocenters. The first-order chi connectivity index (χ1) is 4.11. The fourth-order valence-electron chi connectivity index (χ4n) is 0.572. The minimum Gasteiger partial charge on any atom is -0.274 e. The number of hydrogen-bond donors (Lipinski definition) is 0. The van der Waals surface area contributed by atoms with Crippen LogP contribution >= 0.6 is 0 Å². The van der Waals surface area contributed by atoms with Crippen LogP contribution in [0.1, 0.15) is 0 Å². The molecule has 9 heavy (non-hydrogen) atoms. The lowest BCUT2D eigenvalue weighted by Gasteiger charge is -2.16. The van der Waals surface area contributed by atoms with Gasteiger partial charge in [0, 0.05) is 6.54 Å². The molecule has 0 aromatic heterocycles. The second-order valence-corrected chi connectivity index (χ2v) is 1.68. The van der Waals surface area contributed by atoms with Crippen LogP contribution in [0.25, 0.3) is 0 Å². The fraction of sp³-hybridized carbons (Fsp3) is 0.750. The summed E-state index contributed by atoms with van der Waals surface area (Å²) in [4.78, 5) is 3.67. The van der Waals surface area contributed by atoms with E-state index in [0.29, 0.717) is 0 Å². The SMILES string of the molecule is FC(F)(F)N1C=NCC1. The average Bonchev–Trinajstić information content (AvgIpc) is 2.08. The minimum absolute atomic E-state index is 0.0382. The summed E-state index contributed by atoms with van der Waals surface area (Å²) >= 11 is 0. The Hall–Kier alpha value is -0.740. The monoisotopic (exact) mass is 138 g/mol. The lowest BCUT2D eigenvalue weighted by molar-refractivity contribution is -0.212.